The van der Waals surface area contributed by atoms with E-state index in [1.54, 1.807) is 6.92 Å². The monoisotopic (exact) mass is 256 g/mol. The minimum Gasteiger partial charge on any atom is -0.261 e. The van der Waals surface area contributed by atoms with E-state index in [4.69, 9.17) is 0 Å². The van der Waals surface area contributed by atoms with Crippen LogP contribution < -0.4 is 4.72 Å². The molecular weight excluding hydrogens is 247 g/mol. The molecule has 0 atom stereocenters. The summed E-state index contributed by atoms with van der Waals surface area (Å²) in [4.78, 5) is 3.61. The Morgan fingerprint density at radius 1 is 1.41 bits per heavy atom. The predicted molar refractivity (Wildman–Crippen MR) is 58.3 cm³/mol. The van der Waals surface area contributed by atoms with Crippen LogP contribution in [-0.4, -0.2) is 23.6 Å². The molecule has 2 aromatic rings. The molecule has 0 spiro atoms. The van der Waals surface area contributed by atoms with Crippen LogP contribution in [-0.2, 0) is 10.0 Å². The highest BCUT2D eigenvalue weighted by Crippen LogP contribution is 2.13. The van der Waals surface area contributed by atoms with Crippen molar-refractivity contribution < 1.29 is 12.8 Å². The Hall–Kier alpha value is -1.96. The van der Waals surface area contributed by atoms with Gasteiger partial charge >= 0.3 is 0 Å². The van der Waals surface area contributed by atoms with Crippen LogP contribution in [0.15, 0.2) is 29.2 Å². The van der Waals surface area contributed by atoms with Gasteiger partial charge in [0.15, 0.2) is 0 Å². The van der Waals surface area contributed by atoms with E-state index in [0.29, 0.717) is 5.82 Å². The molecular formula is C9H9FN4O2S. The van der Waals surface area contributed by atoms with Gasteiger partial charge in [-0.1, -0.05) is 6.07 Å². The van der Waals surface area contributed by atoms with Crippen molar-refractivity contribution in [3.63, 3.8) is 0 Å². The fourth-order valence-corrected chi connectivity index (χ4v) is 2.18. The third-order valence-corrected chi connectivity index (χ3v) is 3.26. The third-order valence-electron chi connectivity index (χ3n) is 1.93. The van der Waals surface area contributed by atoms with E-state index >= 15 is 0 Å². The Morgan fingerprint density at radius 2 is 2.18 bits per heavy atom. The van der Waals surface area contributed by atoms with Gasteiger partial charge in [0.1, 0.15) is 11.6 Å². The van der Waals surface area contributed by atoms with Crippen LogP contribution in [0.1, 0.15) is 5.82 Å². The van der Waals surface area contributed by atoms with Gasteiger partial charge in [-0.3, -0.25) is 5.10 Å². The largest absolute Gasteiger partial charge is 0.264 e. The number of anilines is 1. The summed E-state index contributed by atoms with van der Waals surface area (Å²) >= 11 is 0. The van der Waals surface area contributed by atoms with Crippen LogP contribution in [0, 0.1) is 12.7 Å². The van der Waals surface area contributed by atoms with Crippen molar-refractivity contribution in [2.45, 2.75) is 11.8 Å². The average Bonchev–Trinajstić information content (AvgIpc) is 2.63. The van der Waals surface area contributed by atoms with Crippen molar-refractivity contribution in [3.05, 3.63) is 35.9 Å². The molecule has 0 unspecified atom stereocenters. The second kappa shape index (κ2) is 4.13. The van der Waals surface area contributed by atoms with Gasteiger partial charge in [-0.15, -0.1) is 5.10 Å². The fourth-order valence-electron chi connectivity index (χ4n) is 1.20. The summed E-state index contributed by atoms with van der Waals surface area (Å²) in [5.74, 6) is -0.229. The standard InChI is InChI=1S/C9H9FN4O2S/c1-6-11-9(13-12-6)14-17(15,16)8-4-2-3-7(10)5-8/h2-5H,1H3,(H2,11,12,13,14). The summed E-state index contributed by atoms with van der Waals surface area (Å²) in [7, 11) is -3.86. The first-order valence-electron chi connectivity index (χ1n) is 4.65. The van der Waals surface area contributed by atoms with Crippen molar-refractivity contribution in [1.29, 1.82) is 0 Å². The van der Waals surface area contributed by atoms with E-state index in [2.05, 4.69) is 19.9 Å². The summed E-state index contributed by atoms with van der Waals surface area (Å²) in [6.45, 7) is 1.63. The minimum atomic E-state index is -3.86. The van der Waals surface area contributed by atoms with Gasteiger partial charge in [0.2, 0.25) is 0 Å². The van der Waals surface area contributed by atoms with E-state index in [1.807, 2.05) is 0 Å². The molecule has 0 saturated heterocycles. The Bertz CT molecular complexity index is 638. The molecule has 0 aliphatic carbocycles. The van der Waals surface area contributed by atoms with Crippen molar-refractivity contribution >= 4 is 16.0 Å². The number of benzene rings is 1. The van der Waals surface area contributed by atoms with Crippen molar-refractivity contribution in [2.24, 2.45) is 0 Å². The lowest BCUT2D eigenvalue weighted by molar-refractivity contribution is 0.595. The number of aromatic nitrogens is 3. The van der Waals surface area contributed by atoms with Gasteiger partial charge in [0, 0.05) is 0 Å². The number of nitrogens with one attached hydrogen (secondary N) is 2. The smallest absolute Gasteiger partial charge is 0.261 e. The van der Waals surface area contributed by atoms with Crippen LogP contribution in [0.4, 0.5) is 10.3 Å². The van der Waals surface area contributed by atoms with Gasteiger partial charge in [0.05, 0.1) is 4.90 Å². The summed E-state index contributed by atoms with van der Waals surface area (Å²) in [6.07, 6.45) is 0. The Morgan fingerprint density at radius 3 is 2.76 bits per heavy atom. The molecule has 1 aromatic heterocycles. The van der Waals surface area contributed by atoms with Crippen LogP contribution in [0.25, 0.3) is 0 Å². The van der Waals surface area contributed by atoms with Crippen LogP contribution in [0.5, 0.6) is 0 Å². The van der Waals surface area contributed by atoms with Gasteiger partial charge < -0.3 is 0 Å². The van der Waals surface area contributed by atoms with Gasteiger partial charge in [-0.25, -0.2) is 17.5 Å². The van der Waals surface area contributed by atoms with Crippen LogP contribution in [0.3, 0.4) is 0 Å². The summed E-state index contributed by atoms with van der Waals surface area (Å²) in [5.41, 5.74) is 0. The summed E-state index contributed by atoms with van der Waals surface area (Å²) in [6, 6.07) is 4.68. The molecule has 1 aromatic carbocycles. The van der Waals surface area contributed by atoms with E-state index in [9.17, 15) is 12.8 Å². The summed E-state index contributed by atoms with van der Waals surface area (Å²) < 4.78 is 38.6. The number of aromatic amines is 1. The number of nitrogens with zero attached hydrogens (tertiary/aromatic N) is 2. The Kier molecular flexibility index (Phi) is 2.80. The molecule has 0 amide bonds. The molecule has 17 heavy (non-hydrogen) atoms. The van der Waals surface area contributed by atoms with Crippen LogP contribution >= 0.6 is 0 Å². The number of hydrogen-bond acceptors (Lipinski definition) is 4. The first kappa shape index (κ1) is 11.5. The Labute approximate surface area is 96.9 Å². The molecule has 90 valence electrons. The molecule has 1 heterocycles. The van der Waals surface area contributed by atoms with E-state index in [1.165, 1.54) is 12.1 Å². The molecule has 0 aliphatic rings. The normalized spacial score (nSPS) is 11.4. The maximum absolute atomic E-state index is 12.9. The molecule has 0 radical (unpaired) electrons. The number of H-pyrrole nitrogens is 1. The molecule has 0 bridgehead atoms. The van der Waals surface area contributed by atoms with E-state index < -0.39 is 15.8 Å². The van der Waals surface area contributed by atoms with Gasteiger partial charge in [-0.2, -0.15) is 4.98 Å². The quantitative estimate of drug-likeness (QED) is 0.859. The third kappa shape index (κ3) is 2.59. The maximum atomic E-state index is 12.9. The molecule has 6 nitrogen and oxygen atoms in total. The molecule has 8 heteroatoms. The highest BCUT2D eigenvalue weighted by molar-refractivity contribution is 7.92. The second-order valence-corrected chi connectivity index (χ2v) is 4.99. The number of sulfonamides is 1. The SMILES string of the molecule is Cc1nc(NS(=O)(=O)c2cccc(F)c2)n[nH]1. The summed E-state index contributed by atoms with van der Waals surface area (Å²) in [5, 5.41) is 6.12. The zero-order chi connectivity index (χ0) is 12.5. The number of halogens is 1. The second-order valence-electron chi connectivity index (χ2n) is 3.31. The number of rotatable bonds is 3. The van der Waals surface area contributed by atoms with E-state index in [-0.39, 0.29) is 10.8 Å². The molecule has 2 rings (SSSR count). The lowest BCUT2D eigenvalue weighted by Crippen LogP contribution is -2.14. The van der Waals surface area contributed by atoms with Crippen molar-refractivity contribution in [2.75, 3.05) is 4.72 Å². The molecule has 0 saturated carbocycles. The fraction of sp³-hybridized carbons (Fsp3) is 0.111. The predicted octanol–water partition coefficient (Wildman–Crippen LogP) is 1.05. The zero-order valence-corrected chi connectivity index (χ0v) is 9.62. The highest BCUT2D eigenvalue weighted by Gasteiger charge is 2.16. The van der Waals surface area contributed by atoms with Crippen molar-refractivity contribution in [3.8, 4) is 0 Å². The average molecular weight is 256 g/mol. The molecule has 0 aliphatic heterocycles. The molecule has 2 N–H and O–H groups in total. The number of aryl methyl sites for hydroxylation is 1. The lowest BCUT2D eigenvalue weighted by Gasteiger charge is -2.03. The topological polar surface area (TPSA) is 87.7 Å². The van der Waals surface area contributed by atoms with Gasteiger partial charge in [-0.05, 0) is 25.1 Å². The van der Waals surface area contributed by atoms with Crippen molar-refractivity contribution in [1.82, 2.24) is 15.2 Å². The lowest BCUT2D eigenvalue weighted by atomic mass is 10.4. The maximum Gasteiger partial charge on any atom is 0.264 e. The van der Waals surface area contributed by atoms with Gasteiger partial charge in [0.25, 0.3) is 16.0 Å². The van der Waals surface area contributed by atoms with Crippen LogP contribution in [0.2, 0.25) is 0 Å². The minimum absolute atomic E-state index is 0.0771. The Balaban J connectivity index is 2.31. The number of hydrogen-bond donors (Lipinski definition) is 2. The highest BCUT2D eigenvalue weighted by atomic mass is 32.2. The zero-order valence-electron chi connectivity index (χ0n) is 8.81. The first-order valence-corrected chi connectivity index (χ1v) is 6.13. The van der Waals surface area contributed by atoms with E-state index in [0.717, 1.165) is 12.1 Å². The first-order chi connectivity index (χ1) is 7.97. The molecule has 0 fully saturated rings.